The quantitative estimate of drug-likeness (QED) is 0.885. The Hall–Kier alpha value is -2.23. The van der Waals surface area contributed by atoms with Crippen LogP contribution in [-0.4, -0.2) is 15.9 Å². The molecule has 0 saturated heterocycles. The lowest BCUT2D eigenvalue weighted by Gasteiger charge is -2.14. The maximum absolute atomic E-state index is 12.1. The lowest BCUT2D eigenvalue weighted by atomic mass is 10.0. The van der Waals surface area contributed by atoms with Crippen LogP contribution < -0.4 is 5.32 Å². The minimum Gasteiger partial charge on any atom is -0.352 e. The zero-order valence-electron chi connectivity index (χ0n) is 12.5. The minimum absolute atomic E-state index is 0.0889. The van der Waals surface area contributed by atoms with E-state index in [9.17, 15) is 4.79 Å². The zero-order chi connectivity index (χ0) is 15.1. The van der Waals surface area contributed by atoms with Gasteiger partial charge < -0.3 is 5.32 Å². The van der Waals surface area contributed by atoms with E-state index in [1.165, 1.54) is 0 Å². The van der Waals surface area contributed by atoms with E-state index < -0.39 is 0 Å². The molecule has 4 nitrogen and oxygen atoms in total. The van der Waals surface area contributed by atoms with Gasteiger partial charge in [0.1, 0.15) is 0 Å². The van der Waals surface area contributed by atoms with Crippen molar-refractivity contribution in [1.82, 2.24) is 15.3 Å². The fourth-order valence-corrected chi connectivity index (χ4v) is 2.34. The van der Waals surface area contributed by atoms with Gasteiger partial charge in [-0.2, -0.15) is 0 Å². The number of hydrogen-bond donors (Lipinski definition) is 1. The van der Waals surface area contributed by atoms with Crippen LogP contribution in [0.15, 0.2) is 42.9 Å². The number of aromatic nitrogens is 2. The first-order valence-corrected chi connectivity index (χ1v) is 7.38. The van der Waals surface area contributed by atoms with Crippen molar-refractivity contribution in [1.29, 1.82) is 0 Å². The molecule has 4 heteroatoms. The van der Waals surface area contributed by atoms with Crippen molar-refractivity contribution in [2.24, 2.45) is 5.92 Å². The first-order valence-electron chi connectivity index (χ1n) is 7.38. The average Bonchev–Trinajstić information content (AvgIpc) is 2.55. The second-order valence-electron chi connectivity index (χ2n) is 4.98. The second-order valence-corrected chi connectivity index (χ2v) is 4.98. The number of nitrogens with zero attached hydrogens (tertiary/aromatic N) is 2. The number of nitrogens with one attached hydrogen (secondary N) is 1. The van der Waals surface area contributed by atoms with E-state index in [4.69, 9.17) is 0 Å². The number of rotatable bonds is 6. The number of pyridine rings is 2. The molecule has 2 aromatic rings. The van der Waals surface area contributed by atoms with Crippen LogP contribution in [0, 0.1) is 5.92 Å². The minimum atomic E-state index is 0.0889. The summed E-state index contributed by atoms with van der Waals surface area (Å²) in [5.74, 6) is 0.204. The molecular weight excluding hydrogens is 262 g/mol. The van der Waals surface area contributed by atoms with E-state index in [-0.39, 0.29) is 11.8 Å². The summed E-state index contributed by atoms with van der Waals surface area (Å²) in [5, 5.41) is 3.02. The van der Waals surface area contributed by atoms with E-state index in [0.717, 1.165) is 29.7 Å². The van der Waals surface area contributed by atoms with Crippen LogP contribution in [0.2, 0.25) is 0 Å². The summed E-state index contributed by atoms with van der Waals surface area (Å²) in [5.41, 5.74) is 2.92. The molecule has 0 fully saturated rings. The van der Waals surface area contributed by atoms with Crippen molar-refractivity contribution in [2.75, 3.05) is 0 Å². The van der Waals surface area contributed by atoms with Crippen molar-refractivity contribution in [2.45, 2.75) is 33.2 Å². The molecule has 0 aromatic carbocycles. The normalized spacial score (nSPS) is 10.6. The molecule has 0 radical (unpaired) electrons. The van der Waals surface area contributed by atoms with Gasteiger partial charge in [0.25, 0.3) is 0 Å². The summed E-state index contributed by atoms with van der Waals surface area (Å²) in [6, 6.07) is 7.74. The lowest BCUT2D eigenvalue weighted by molar-refractivity contribution is -0.125. The van der Waals surface area contributed by atoms with Crippen molar-refractivity contribution in [3.05, 3.63) is 48.4 Å². The van der Waals surface area contributed by atoms with Crippen molar-refractivity contribution in [3.63, 3.8) is 0 Å². The molecule has 0 atom stereocenters. The Bertz CT molecular complexity index is 580. The number of hydrogen-bond acceptors (Lipinski definition) is 3. The summed E-state index contributed by atoms with van der Waals surface area (Å²) in [6.45, 7) is 4.58. The molecule has 0 aliphatic rings. The Labute approximate surface area is 125 Å². The maximum atomic E-state index is 12.1. The highest BCUT2D eigenvalue weighted by molar-refractivity contribution is 5.78. The number of carbonyl (C=O) groups excluding carboxylic acids is 1. The number of amides is 1. The summed E-state index contributed by atoms with van der Waals surface area (Å²) in [6.07, 6.45) is 6.99. The van der Waals surface area contributed by atoms with Crippen molar-refractivity contribution in [3.8, 4) is 11.3 Å². The fraction of sp³-hybridized carbons (Fsp3) is 0.353. The average molecular weight is 283 g/mol. The molecule has 0 saturated carbocycles. The molecule has 0 bridgehead atoms. The van der Waals surface area contributed by atoms with Crippen LogP contribution in [0.25, 0.3) is 11.3 Å². The van der Waals surface area contributed by atoms with Crippen molar-refractivity contribution >= 4 is 5.91 Å². The summed E-state index contributed by atoms with van der Waals surface area (Å²) in [4.78, 5) is 20.5. The third kappa shape index (κ3) is 3.88. The van der Waals surface area contributed by atoms with Crippen LogP contribution in [0.3, 0.4) is 0 Å². The third-order valence-electron chi connectivity index (χ3n) is 3.65. The van der Waals surface area contributed by atoms with Crippen LogP contribution >= 0.6 is 0 Å². The molecule has 0 aliphatic carbocycles. The van der Waals surface area contributed by atoms with E-state index in [1.54, 1.807) is 18.6 Å². The summed E-state index contributed by atoms with van der Waals surface area (Å²) < 4.78 is 0. The second kappa shape index (κ2) is 7.53. The summed E-state index contributed by atoms with van der Waals surface area (Å²) >= 11 is 0. The van der Waals surface area contributed by atoms with Gasteiger partial charge in [-0.3, -0.25) is 14.8 Å². The molecule has 1 N–H and O–H groups in total. The Kier molecular flexibility index (Phi) is 5.43. The van der Waals surface area contributed by atoms with Crippen LogP contribution in [-0.2, 0) is 11.3 Å². The lowest BCUT2D eigenvalue weighted by Crippen LogP contribution is -2.29. The van der Waals surface area contributed by atoms with Crippen LogP contribution in [0.1, 0.15) is 32.3 Å². The predicted molar refractivity (Wildman–Crippen MR) is 83.4 cm³/mol. The smallest absolute Gasteiger partial charge is 0.223 e. The third-order valence-corrected chi connectivity index (χ3v) is 3.65. The van der Waals surface area contributed by atoms with Crippen LogP contribution in [0.5, 0.6) is 0 Å². The fourth-order valence-electron chi connectivity index (χ4n) is 2.34. The van der Waals surface area contributed by atoms with E-state index in [1.807, 2.05) is 38.1 Å². The maximum Gasteiger partial charge on any atom is 0.223 e. The van der Waals surface area contributed by atoms with Crippen LogP contribution in [0.4, 0.5) is 0 Å². The molecular formula is C17H21N3O. The van der Waals surface area contributed by atoms with Gasteiger partial charge in [0.2, 0.25) is 5.91 Å². The topological polar surface area (TPSA) is 54.9 Å². The van der Waals surface area contributed by atoms with Gasteiger partial charge in [0, 0.05) is 36.6 Å². The molecule has 0 unspecified atom stereocenters. The highest BCUT2D eigenvalue weighted by atomic mass is 16.1. The van der Waals surface area contributed by atoms with Gasteiger partial charge in [-0.1, -0.05) is 19.9 Å². The SMILES string of the molecule is CCC(CC)C(=O)NCc1cccnc1-c1ccncc1. The highest BCUT2D eigenvalue weighted by Crippen LogP contribution is 2.20. The predicted octanol–water partition coefficient (Wildman–Crippen LogP) is 3.20. The Balaban J connectivity index is 2.13. The first kappa shape index (κ1) is 15.2. The molecule has 0 aliphatic heterocycles. The Morgan fingerprint density at radius 1 is 1.14 bits per heavy atom. The van der Waals surface area contributed by atoms with Gasteiger partial charge in [-0.15, -0.1) is 0 Å². The zero-order valence-corrected chi connectivity index (χ0v) is 12.5. The molecule has 110 valence electrons. The van der Waals surface area contributed by atoms with Gasteiger partial charge in [0.05, 0.1) is 5.69 Å². The van der Waals surface area contributed by atoms with Gasteiger partial charge in [-0.25, -0.2) is 0 Å². The molecule has 0 spiro atoms. The van der Waals surface area contributed by atoms with Crippen molar-refractivity contribution < 1.29 is 4.79 Å². The molecule has 1 amide bonds. The molecule has 2 rings (SSSR count). The Morgan fingerprint density at radius 2 is 1.86 bits per heavy atom. The highest BCUT2D eigenvalue weighted by Gasteiger charge is 2.14. The number of carbonyl (C=O) groups is 1. The summed E-state index contributed by atoms with van der Waals surface area (Å²) in [7, 11) is 0. The molecule has 21 heavy (non-hydrogen) atoms. The first-order chi connectivity index (χ1) is 10.3. The van der Waals surface area contributed by atoms with Gasteiger partial charge >= 0.3 is 0 Å². The molecule has 2 aromatic heterocycles. The van der Waals surface area contributed by atoms with Gasteiger partial charge in [0.15, 0.2) is 0 Å². The van der Waals surface area contributed by atoms with E-state index in [0.29, 0.717) is 6.54 Å². The van der Waals surface area contributed by atoms with E-state index in [2.05, 4.69) is 15.3 Å². The van der Waals surface area contributed by atoms with Gasteiger partial charge in [-0.05, 0) is 36.6 Å². The monoisotopic (exact) mass is 283 g/mol. The molecule has 2 heterocycles. The largest absolute Gasteiger partial charge is 0.352 e. The Morgan fingerprint density at radius 3 is 2.52 bits per heavy atom. The standard InChI is InChI=1S/C17H21N3O/c1-3-13(4-2)17(21)20-12-15-6-5-9-19-16(15)14-7-10-18-11-8-14/h5-11,13H,3-4,12H2,1-2H3,(H,20,21). The van der Waals surface area contributed by atoms with E-state index >= 15 is 0 Å².